The molecule has 0 saturated heterocycles. The average molecular weight is 351 g/mol. The lowest BCUT2D eigenvalue weighted by Gasteiger charge is -2.22. The summed E-state index contributed by atoms with van der Waals surface area (Å²) in [4.78, 5) is 16.7. The molecule has 134 valence electrons. The molecule has 0 aliphatic heterocycles. The molecule has 0 radical (unpaired) electrons. The Morgan fingerprint density at radius 1 is 1.19 bits per heavy atom. The molecule has 7 heteroatoms. The molecule has 7 nitrogen and oxygen atoms in total. The van der Waals surface area contributed by atoms with Gasteiger partial charge in [-0.1, -0.05) is 37.5 Å². The van der Waals surface area contributed by atoms with Gasteiger partial charge in [0.2, 0.25) is 5.89 Å². The van der Waals surface area contributed by atoms with E-state index in [0.29, 0.717) is 17.3 Å². The van der Waals surface area contributed by atoms with Crippen molar-refractivity contribution in [1.29, 1.82) is 0 Å². The van der Waals surface area contributed by atoms with Crippen LogP contribution in [0.25, 0.3) is 17.1 Å². The van der Waals surface area contributed by atoms with Crippen LogP contribution in [-0.4, -0.2) is 26.7 Å². The molecule has 0 bridgehead atoms. The van der Waals surface area contributed by atoms with Crippen LogP contribution in [0.4, 0.5) is 5.82 Å². The normalized spacial score (nSPS) is 15.1. The number of amides is 1. The Morgan fingerprint density at radius 3 is 2.73 bits per heavy atom. The third-order valence-corrected chi connectivity index (χ3v) is 4.71. The highest BCUT2D eigenvalue weighted by atomic mass is 16.3. The van der Waals surface area contributed by atoms with Crippen molar-refractivity contribution in [2.24, 2.45) is 0 Å². The van der Waals surface area contributed by atoms with E-state index < -0.39 is 0 Å². The molecule has 1 fully saturated rings. The second-order valence-corrected chi connectivity index (χ2v) is 6.54. The van der Waals surface area contributed by atoms with Crippen LogP contribution in [-0.2, 0) is 0 Å². The number of nitrogen functional groups attached to an aromatic ring is 1. The number of oxazole rings is 1. The summed E-state index contributed by atoms with van der Waals surface area (Å²) in [5, 5.41) is 7.33. The number of nitrogens with two attached hydrogens (primary N) is 1. The number of benzene rings is 1. The molecular weight excluding hydrogens is 330 g/mol. The fourth-order valence-electron chi connectivity index (χ4n) is 3.31. The third kappa shape index (κ3) is 3.20. The number of carbonyl (C=O) groups excluding carboxylic acids is 1. The molecule has 1 aromatic carbocycles. The first kappa shape index (κ1) is 16.4. The van der Waals surface area contributed by atoms with Crippen LogP contribution >= 0.6 is 0 Å². The summed E-state index contributed by atoms with van der Waals surface area (Å²) in [6.07, 6.45) is 8.56. The zero-order valence-electron chi connectivity index (χ0n) is 14.4. The predicted octanol–water partition coefficient (Wildman–Crippen LogP) is 3.17. The first-order valence-corrected chi connectivity index (χ1v) is 8.88. The van der Waals surface area contributed by atoms with Gasteiger partial charge in [0.1, 0.15) is 12.1 Å². The lowest BCUT2D eigenvalue weighted by atomic mass is 9.95. The van der Waals surface area contributed by atoms with Crippen molar-refractivity contribution in [2.75, 3.05) is 5.73 Å². The van der Waals surface area contributed by atoms with E-state index >= 15 is 0 Å². The van der Waals surface area contributed by atoms with Gasteiger partial charge in [-0.15, -0.1) is 0 Å². The van der Waals surface area contributed by atoms with Crippen LogP contribution in [0.15, 0.2) is 47.2 Å². The molecule has 0 atom stereocenters. The number of nitrogens with zero attached hydrogens (tertiary/aromatic N) is 3. The molecule has 3 aromatic rings. The number of nitrogens with one attached hydrogen (secondary N) is 1. The van der Waals surface area contributed by atoms with Gasteiger partial charge in [0, 0.05) is 6.04 Å². The maximum absolute atomic E-state index is 12.4. The van der Waals surface area contributed by atoms with E-state index in [9.17, 15) is 4.79 Å². The van der Waals surface area contributed by atoms with Crippen LogP contribution in [0, 0.1) is 0 Å². The Hall–Kier alpha value is -3.09. The Labute approximate surface area is 151 Å². The molecule has 1 amide bonds. The van der Waals surface area contributed by atoms with E-state index in [-0.39, 0.29) is 17.6 Å². The summed E-state index contributed by atoms with van der Waals surface area (Å²) in [5.74, 6) is 0.497. The minimum atomic E-state index is -0.207. The quantitative estimate of drug-likeness (QED) is 0.752. The summed E-state index contributed by atoms with van der Waals surface area (Å²) in [6, 6.07) is 9.79. The molecule has 1 aliphatic rings. The maximum Gasteiger partial charge on any atom is 0.273 e. The zero-order chi connectivity index (χ0) is 17.9. The van der Waals surface area contributed by atoms with E-state index in [1.807, 2.05) is 30.3 Å². The molecule has 26 heavy (non-hydrogen) atoms. The standard InChI is InChI=1S/C19H21N5O2/c20-17-15(11-21-24(17)14-9-5-2-6-10-14)19-23-16(12-26-19)18(25)22-13-7-3-1-4-8-13/h2,5-6,9-13H,1,3-4,7-8,20H2,(H,22,25). The Kier molecular flexibility index (Phi) is 4.43. The van der Waals surface area contributed by atoms with Crippen molar-refractivity contribution in [1.82, 2.24) is 20.1 Å². The molecular formula is C19H21N5O2. The number of aromatic nitrogens is 3. The van der Waals surface area contributed by atoms with Crippen LogP contribution in [0.2, 0.25) is 0 Å². The highest BCUT2D eigenvalue weighted by Gasteiger charge is 2.21. The average Bonchev–Trinajstić information content (AvgIpc) is 3.30. The molecule has 2 aromatic heterocycles. The van der Waals surface area contributed by atoms with Gasteiger partial charge in [0.05, 0.1) is 17.4 Å². The number of anilines is 1. The fraction of sp³-hybridized carbons (Fsp3) is 0.316. The van der Waals surface area contributed by atoms with E-state index in [0.717, 1.165) is 31.4 Å². The van der Waals surface area contributed by atoms with Crippen molar-refractivity contribution < 1.29 is 9.21 Å². The first-order chi connectivity index (χ1) is 12.7. The highest BCUT2D eigenvalue weighted by molar-refractivity contribution is 5.92. The van der Waals surface area contributed by atoms with Gasteiger partial charge in [-0.3, -0.25) is 4.79 Å². The van der Waals surface area contributed by atoms with Crippen LogP contribution in [0.1, 0.15) is 42.6 Å². The van der Waals surface area contributed by atoms with Gasteiger partial charge in [-0.05, 0) is 25.0 Å². The Bertz CT molecular complexity index is 894. The number of hydrogen-bond acceptors (Lipinski definition) is 5. The van der Waals surface area contributed by atoms with E-state index in [4.69, 9.17) is 10.2 Å². The smallest absolute Gasteiger partial charge is 0.273 e. The molecule has 0 spiro atoms. The van der Waals surface area contributed by atoms with Crippen LogP contribution < -0.4 is 11.1 Å². The number of rotatable bonds is 4. The molecule has 1 aliphatic carbocycles. The first-order valence-electron chi connectivity index (χ1n) is 8.88. The fourth-order valence-corrected chi connectivity index (χ4v) is 3.31. The van der Waals surface area contributed by atoms with Gasteiger partial charge in [-0.2, -0.15) is 5.10 Å². The van der Waals surface area contributed by atoms with E-state index in [1.165, 1.54) is 12.7 Å². The van der Waals surface area contributed by atoms with Crippen molar-refractivity contribution in [3.63, 3.8) is 0 Å². The van der Waals surface area contributed by atoms with E-state index in [1.54, 1.807) is 10.9 Å². The van der Waals surface area contributed by atoms with Crippen molar-refractivity contribution in [3.8, 4) is 17.1 Å². The summed E-state index contributed by atoms with van der Waals surface area (Å²) in [6.45, 7) is 0. The molecule has 4 rings (SSSR count). The van der Waals surface area contributed by atoms with Gasteiger partial charge in [-0.25, -0.2) is 9.67 Å². The molecule has 3 N–H and O–H groups in total. The minimum absolute atomic E-state index is 0.207. The minimum Gasteiger partial charge on any atom is -0.443 e. The van der Waals surface area contributed by atoms with Crippen molar-refractivity contribution in [2.45, 2.75) is 38.1 Å². The lowest BCUT2D eigenvalue weighted by Crippen LogP contribution is -2.36. The molecule has 2 heterocycles. The topological polar surface area (TPSA) is 99.0 Å². The number of hydrogen-bond donors (Lipinski definition) is 2. The maximum atomic E-state index is 12.4. The Morgan fingerprint density at radius 2 is 1.96 bits per heavy atom. The second-order valence-electron chi connectivity index (χ2n) is 6.54. The Balaban J connectivity index is 1.53. The van der Waals surface area contributed by atoms with Crippen molar-refractivity contribution >= 4 is 11.7 Å². The largest absolute Gasteiger partial charge is 0.443 e. The summed E-state index contributed by atoms with van der Waals surface area (Å²) in [7, 11) is 0. The molecule has 1 saturated carbocycles. The van der Waals surface area contributed by atoms with Crippen molar-refractivity contribution in [3.05, 3.63) is 48.5 Å². The van der Waals surface area contributed by atoms with Gasteiger partial charge >= 0.3 is 0 Å². The summed E-state index contributed by atoms with van der Waals surface area (Å²) in [5.41, 5.74) is 7.87. The highest BCUT2D eigenvalue weighted by Crippen LogP contribution is 2.27. The van der Waals surface area contributed by atoms with Gasteiger partial charge < -0.3 is 15.5 Å². The van der Waals surface area contributed by atoms with E-state index in [2.05, 4.69) is 15.4 Å². The van der Waals surface area contributed by atoms with Gasteiger partial charge in [0.15, 0.2) is 5.69 Å². The molecule has 0 unspecified atom stereocenters. The summed E-state index contributed by atoms with van der Waals surface area (Å²) < 4.78 is 7.10. The van der Waals surface area contributed by atoms with Crippen LogP contribution in [0.3, 0.4) is 0 Å². The summed E-state index contributed by atoms with van der Waals surface area (Å²) >= 11 is 0. The van der Waals surface area contributed by atoms with Gasteiger partial charge in [0.25, 0.3) is 5.91 Å². The number of carbonyl (C=O) groups is 1. The monoisotopic (exact) mass is 351 g/mol. The number of para-hydroxylation sites is 1. The SMILES string of the molecule is Nc1c(-c2nc(C(=O)NC3CCCCC3)co2)cnn1-c1ccccc1. The zero-order valence-corrected chi connectivity index (χ0v) is 14.4. The second kappa shape index (κ2) is 7.03. The lowest BCUT2D eigenvalue weighted by molar-refractivity contribution is 0.0922. The predicted molar refractivity (Wildman–Crippen MR) is 97.8 cm³/mol. The third-order valence-electron chi connectivity index (χ3n) is 4.71. The van der Waals surface area contributed by atoms with Crippen LogP contribution in [0.5, 0.6) is 0 Å².